The normalized spacial score (nSPS) is 11.3. The maximum absolute atomic E-state index is 13.1. The number of nitrogens with zero attached hydrogens (tertiary/aromatic N) is 3. The molecule has 0 spiro atoms. The van der Waals surface area contributed by atoms with Crippen LogP contribution in [0.3, 0.4) is 0 Å². The number of aromatic amines is 1. The molecular formula is C23H21ClN4O3. The van der Waals surface area contributed by atoms with Gasteiger partial charge in [0.15, 0.2) is 0 Å². The third kappa shape index (κ3) is 4.76. The molecule has 0 atom stereocenters. The minimum Gasteiger partial charge on any atom is -0.462 e. The van der Waals surface area contributed by atoms with Crippen LogP contribution in [-0.2, 0) is 11.3 Å². The van der Waals surface area contributed by atoms with E-state index >= 15 is 0 Å². The molecule has 0 aliphatic carbocycles. The van der Waals surface area contributed by atoms with E-state index in [1.54, 1.807) is 43.9 Å². The maximum atomic E-state index is 13.1. The minimum atomic E-state index is -0.599. The zero-order chi connectivity index (χ0) is 22.5. The highest BCUT2D eigenvalue weighted by Gasteiger charge is 2.27. The Hall–Kier alpha value is -3.63. The standard InChI is InChI=1S/C23H21ClN4O3/c1-4-31-23(30)21-15(3)27-14(2)20(21)22(29)18(10-25)9-16-11-26-28(12-16)13-17-7-5-6-8-19(17)24/h5-9,11-12,27H,4,13H2,1-3H3/b18-9+. The van der Waals surface area contributed by atoms with E-state index in [9.17, 15) is 14.9 Å². The molecule has 31 heavy (non-hydrogen) atoms. The first-order valence-electron chi connectivity index (χ1n) is 9.64. The molecule has 2 heterocycles. The number of rotatable bonds is 7. The summed E-state index contributed by atoms with van der Waals surface area (Å²) in [6.07, 6.45) is 4.73. The van der Waals surface area contributed by atoms with Gasteiger partial charge in [-0.2, -0.15) is 10.4 Å². The molecule has 3 aromatic rings. The lowest BCUT2D eigenvalue weighted by molar-refractivity contribution is 0.0523. The van der Waals surface area contributed by atoms with Crippen LogP contribution in [0.25, 0.3) is 6.08 Å². The zero-order valence-corrected chi connectivity index (χ0v) is 18.2. The summed E-state index contributed by atoms with van der Waals surface area (Å²) in [7, 11) is 0. The summed E-state index contributed by atoms with van der Waals surface area (Å²) < 4.78 is 6.75. The molecule has 0 fully saturated rings. The van der Waals surface area contributed by atoms with E-state index in [1.165, 1.54) is 6.08 Å². The van der Waals surface area contributed by atoms with Gasteiger partial charge in [0.1, 0.15) is 11.6 Å². The first kappa shape index (κ1) is 22.1. The van der Waals surface area contributed by atoms with Crippen molar-refractivity contribution in [2.75, 3.05) is 6.61 Å². The second-order valence-electron chi connectivity index (χ2n) is 6.91. The third-order valence-corrected chi connectivity index (χ3v) is 5.07. The number of carbonyl (C=O) groups is 2. The maximum Gasteiger partial charge on any atom is 0.340 e. The van der Waals surface area contributed by atoms with Crippen LogP contribution in [0.15, 0.2) is 42.2 Å². The summed E-state index contributed by atoms with van der Waals surface area (Å²) in [4.78, 5) is 28.5. The number of nitrogens with one attached hydrogen (secondary N) is 1. The van der Waals surface area contributed by atoms with Crippen molar-refractivity contribution in [1.29, 1.82) is 5.26 Å². The highest BCUT2D eigenvalue weighted by molar-refractivity contribution is 6.31. The smallest absolute Gasteiger partial charge is 0.340 e. The number of ketones is 1. The van der Waals surface area contributed by atoms with Gasteiger partial charge in [0.25, 0.3) is 0 Å². The summed E-state index contributed by atoms with van der Waals surface area (Å²) in [5.41, 5.74) is 2.69. The van der Waals surface area contributed by atoms with Crippen LogP contribution in [0.1, 0.15) is 50.2 Å². The molecule has 0 saturated heterocycles. The van der Waals surface area contributed by atoms with E-state index in [0.29, 0.717) is 28.5 Å². The lowest BCUT2D eigenvalue weighted by Crippen LogP contribution is -2.13. The fourth-order valence-corrected chi connectivity index (χ4v) is 3.51. The molecule has 0 radical (unpaired) electrons. The minimum absolute atomic E-state index is 0.107. The predicted molar refractivity (Wildman–Crippen MR) is 117 cm³/mol. The topological polar surface area (TPSA) is 101 Å². The van der Waals surface area contributed by atoms with E-state index < -0.39 is 11.8 Å². The fraction of sp³-hybridized carbons (Fsp3) is 0.217. The Morgan fingerprint density at radius 2 is 1.97 bits per heavy atom. The molecule has 8 heteroatoms. The van der Waals surface area contributed by atoms with E-state index in [4.69, 9.17) is 16.3 Å². The highest BCUT2D eigenvalue weighted by Crippen LogP contribution is 2.24. The number of aryl methyl sites for hydroxylation is 2. The Balaban J connectivity index is 1.91. The summed E-state index contributed by atoms with van der Waals surface area (Å²) in [6.45, 7) is 5.69. The summed E-state index contributed by atoms with van der Waals surface area (Å²) in [5, 5.41) is 14.5. The monoisotopic (exact) mass is 436 g/mol. The molecule has 1 aromatic carbocycles. The van der Waals surface area contributed by atoms with Gasteiger partial charge in [0.05, 0.1) is 30.5 Å². The number of carbonyl (C=O) groups excluding carboxylic acids is 2. The van der Waals surface area contributed by atoms with Crippen LogP contribution in [0, 0.1) is 25.2 Å². The number of allylic oxidation sites excluding steroid dienone is 1. The summed E-state index contributed by atoms with van der Waals surface area (Å²) in [6, 6.07) is 9.38. The van der Waals surface area contributed by atoms with Crippen LogP contribution in [0.5, 0.6) is 0 Å². The van der Waals surface area contributed by atoms with E-state index in [1.807, 2.05) is 24.3 Å². The molecular weight excluding hydrogens is 416 g/mol. The summed E-state index contributed by atoms with van der Waals surface area (Å²) in [5.74, 6) is -1.15. The molecule has 0 aliphatic rings. The number of aromatic nitrogens is 3. The SMILES string of the molecule is CCOC(=O)c1c(C)[nH]c(C)c1C(=O)/C(C#N)=C/c1cnn(Cc2ccccc2Cl)c1. The van der Waals surface area contributed by atoms with E-state index in [0.717, 1.165) is 5.56 Å². The number of ether oxygens (including phenoxy) is 1. The van der Waals surface area contributed by atoms with Gasteiger partial charge in [0, 0.05) is 28.2 Å². The van der Waals surface area contributed by atoms with Crippen molar-refractivity contribution in [2.24, 2.45) is 0 Å². The van der Waals surface area contributed by atoms with Crippen molar-refractivity contribution >= 4 is 29.4 Å². The molecule has 158 valence electrons. The van der Waals surface area contributed by atoms with Crippen molar-refractivity contribution in [2.45, 2.75) is 27.3 Å². The second-order valence-corrected chi connectivity index (χ2v) is 7.31. The zero-order valence-electron chi connectivity index (χ0n) is 17.4. The van der Waals surface area contributed by atoms with Crippen molar-refractivity contribution in [3.8, 4) is 6.07 Å². The number of hydrogen-bond donors (Lipinski definition) is 1. The van der Waals surface area contributed by atoms with Crippen molar-refractivity contribution in [3.05, 3.63) is 80.9 Å². The summed E-state index contributed by atoms with van der Waals surface area (Å²) >= 11 is 6.20. The van der Waals surface area contributed by atoms with Crippen molar-refractivity contribution in [3.63, 3.8) is 0 Å². The van der Waals surface area contributed by atoms with Gasteiger partial charge < -0.3 is 9.72 Å². The van der Waals surface area contributed by atoms with E-state index in [2.05, 4.69) is 10.1 Å². The lowest BCUT2D eigenvalue weighted by Gasteiger charge is -2.05. The predicted octanol–water partition coefficient (Wildman–Crippen LogP) is 4.50. The van der Waals surface area contributed by atoms with E-state index in [-0.39, 0.29) is 23.3 Å². The fourth-order valence-electron chi connectivity index (χ4n) is 3.32. The quantitative estimate of drug-likeness (QED) is 0.254. The molecule has 0 bridgehead atoms. The molecule has 0 amide bonds. The molecule has 7 nitrogen and oxygen atoms in total. The lowest BCUT2D eigenvalue weighted by atomic mass is 9.98. The Morgan fingerprint density at radius 3 is 2.65 bits per heavy atom. The van der Waals surface area contributed by atoms with Gasteiger partial charge in [-0.3, -0.25) is 9.48 Å². The van der Waals surface area contributed by atoms with Crippen LogP contribution in [0.4, 0.5) is 0 Å². The van der Waals surface area contributed by atoms with Crippen LogP contribution in [0.2, 0.25) is 5.02 Å². The molecule has 3 rings (SSSR count). The van der Waals surface area contributed by atoms with Gasteiger partial charge in [-0.1, -0.05) is 29.8 Å². The number of H-pyrrole nitrogens is 1. The molecule has 1 N–H and O–H groups in total. The number of hydrogen-bond acceptors (Lipinski definition) is 5. The first-order chi connectivity index (χ1) is 14.8. The highest BCUT2D eigenvalue weighted by atomic mass is 35.5. The third-order valence-electron chi connectivity index (χ3n) is 4.70. The van der Waals surface area contributed by atoms with Crippen LogP contribution in [-0.4, -0.2) is 33.1 Å². The van der Waals surface area contributed by atoms with Crippen LogP contribution >= 0.6 is 11.6 Å². The Morgan fingerprint density at radius 1 is 1.26 bits per heavy atom. The molecule has 0 saturated carbocycles. The Labute approximate surface area is 184 Å². The molecule has 0 aliphatic heterocycles. The molecule has 2 aromatic heterocycles. The number of Topliss-reactive ketones (excluding diaryl/α,β-unsaturated/α-hetero) is 1. The van der Waals surface area contributed by atoms with Gasteiger partial charge in [-0.05, 0) is 38.5 Å². The average molecular weight is 437 g/mol. The Kier molecular flexibility index (Phi) is 6.73. The van der Waals surface area contributed by atoms with Gasteiger partial charge in [-0.15, -0.1) is 0 Å². The van der Waals surface area contributed by atoms with Gasteiger partial charge in [-0.25, -0.2) is 4.79 Å². The van der Waals surface area contributed by atoms with Gasteiger partial charge in [0.2, 0.25) is 5.78 Å². The Bertz CT molecular complexity index is 1210. The molecule has 0 unspecified atom stereocenters. The average Bonchev–Trinajstić information content (AvgIpc) is 3.30. The number of halogens is 1. The van der Waals surface area contributed by atoms with Crippen molar-refractivity contribution < 1.29 is 14.3 Å². The first-order valence-corrected chi connectivity index (χ1v) is 10.0. The number of benzene rings is 1. The number of esters is 1. The van der Waals surface area contributed by atoms with Crippen molar-refractivity contribution in [1.82, 2.24) is 14.8 Å². The second kappa shape index (κ2) is 9.45. The van der Waals surface area contributed by atoms with Crippen LogP contribution < -0.4 is 0 Å². The van der Waals surface area contributed by atoms with Gasteiger partial charge >= 0.3 is 5.97 Å². The number of nitriles is 1. The largest absolute Gasteiger partial charge is 0.462 e.